The van der Waals surface area contributed by atoms with Crippen molar-refractivity contribution in [2.45, 2.75) is 26.8 Å². The lowest BCUT2D eigenvalue weighted by Crippen LogP contribution is -2.09. The largest absolute Gasteiger partial charge is 0.381 e. The Balaban J connectivity index is 1.97. The van der Waals surface area contributed by atoms with Gasteiger partial charge in [0.1, 0.15) is 0 Å². The molecule has 0 saturated carbocycles. The monoisotopic (exact) mass is 268 g/mol. The second kappa shape index (κ2) is 6.75. The third-order valence-corrected chi connectivity index (χ3v) is 3.08. The van der Waals surface area contributed by atoms with E-state index in [1.54, 1.807) is 0 Å². The van der Waals surface area contributed by atoms with Crippen LogP contribution in [-0.4, -0.2) is 5.91 Å². The molecule has 0 atom stereocenters. The number of hydrogen-bond donors (Lipinski definition) is 2. The third kappa shape index (κ3) is 4.12. The number of anilines is 2. The van der Waals surface area contributed by atoms with Crippen molar-refractivity contribution < 1.29 is 4.79 Å². The first-order chi connectivity index (χ1) is 9.67. The van der Waals surface area contributed by atoms with E-state index < -0.39 is 0 Å². The van der Waals surface area contributed by atoms with Gasteiger partial charge in [0.15, 0.2) is 0 Å². The number of carbonyl (C=O) groups excluding carboxylic acids is 1. The lowest BCUT2D eigenvalue weighted by Gasteiger charge is -2.09. The molecule has 0 aromatic heterocycles. The highest BCUT2D eigenvalue weighted by molar-refractivity contribution is 5.90. The van der Waals surface area contributed by atoms with Crippen molar-refractivity contribution in [2.75, 3.05) is 10.6 Å². The van der Waals surface area contributed by atoms with Gasteiger partial charge in [-0.1, -0.05) is 42.8 Å². The highest BCUT2D eigenvalue weighted by Gasteiger charge is 2.00. The van der Waals surface area contributed by atoms with Gasteiger partial charge >= 0.3 is 0 Å². The molecule has 3 nitrogen and oxygen atoms in total. The van der Waals surface area contributed by atoms with Crippen molar-refractivity contribution >= 4 is 17.3 Å². The quantitative estimate of drug-likeness (QED) is 0.862. The van der Waals surface area contributed by atoms with Crippen LogP contribution in [0.2, 0.25) is 0 Å². The van der Waals surface area contributed by atoms with Crippen LogP contribution in [-0.2, 0) is 11.3 Å². The van der Waals surface area contributed by atoms with Crippen LogP contribution in [0, 0.1) is 6.92 Å². The molecule has 2 rings (SSSR count). The van der Waals surface area contributed by atoms with Crippen molar-refractivity contribution in [2.24, 2.45) is 0 Å². The van der Waals surface area contributed by atoms with Gasteiger partial charge in [-0.05, 0) is 30.7 Å². The van der Waals surface area contributed by atoms with Crippen LogP contribution in [0.25, 0.3) is 0 Å². The van der Waals surface area contributed by atoms with Gasteiger partial charge in [-0.25, -0.2) is 0 Å². The summed E-state index contributed by atoms with van der Waals surface area (Å²) in [5, 5.41) is 6.22. The summed E-state index contributed by atoms with van der Waals surface area (Å²) in [7, 11) is 0. The average molecular weight is 268 g/mol. The lowest BCUT2D eigenvalue weighted by atomic mass is 10.1. The predicted octanol–water partition coefficient (Wildman–Crippen LogP) is 3.96. The summed E-state index contributed by atoms with van der Waals surface area (Å²) in [6.07, 6.45) is 0.487. The summed E-state index contributed by atoms with van der Waals surface area (Å²) in [6, 6.07) is 16.2. The standard InChI is InChI=1S/C17H20N2O/c1-3-17(20)19-16-6-4-5-15(11-16)18-12-14-9-7-13(2)8-10-14/h4-11,18H,3,12H2,1-2H3,(H,19,20). The Hall–Kier alpha value is -2.29. The molecule has 0 heterocycles. The summed E-state index contributed by atoms with van der Waals surface area (Å²) < 4.78 is 0. The molecule has 1 amide bonds. The minimum absolute atomic E-state index is 0.0284. The molecule has 3 heteroatoms. The van der Waals surface area contributed by atoms with Crippen LogP contribution < -0.4 is 10.6 Å². The lowest BCUT2D eigenvalue weighted by molar-refractivity contribution is -0.115. The van der Waals surface area contributed by atoms with Crippen LogP contribution in [0.4, 0.5) is 11.4 Å². The maximum Gasteiger partial charge on any atom is 0.224 e. The first kappa shape index (κ1) is 14.1. The van der Waals surface area contributed by atoms with E-state index in [-0.39, 0.29) is 5.91 Å². The Bertz CT molecular complexity index is 576. The Kier molecular flexibility index (Phi) is 4.77. The molecule has 0 spiro atoms. The van der Waals surface area contributed by atoms with Gasteiger partial charge in [0, 0.05) is 24.3 Å². The number of carbonyl (C=O) groups is 1. The van der Waals surface area contributed by atoms with E-state index >= 15 is 0 Å². The molecule has 20 heavy (non-hydrogen) atoms. The number of benzene rings is 2. The fraction of sp³-hybridized carbons (Fsp3) is 0.235. The summed E-state index contributed by atoms with van der Waals surface area (Å²) in [4.78, 5) is 11.4. The zero-order valence-electron chi connectivity index (χ0n) is 11.9. The molecular weight excluding hydrogens is 248 g/mol. The Morgan fingerprint density at radius 3 is 2.45 bits per heavy atom. The van der Waals surface area contributed by atoms with Crippen molar-refractivity contribution in [3.8, 4) is 0 Å². The molecule has 0 radical (unpaired) electrons. The molecule has 2 aromatic rings. The van der Waals surface area contributed by atoms with E-state index in [2.05, 4.69) is 41.8 Å². The SMILES string of the molecule is CCC(=O)Nc1cccc(NCc2ccc(C)cc2)c1. The molecule has 0 bridgehead atoms. The van der Waals surface area contributed by atoms with Crippen LogP contribution >= 0.6 is 0 Å². The first-order valence-electron chi connectivity index (χ1n) is 6.86. The van der Waals surface area contributed by atoms with E-state index in [0.717, 1.165) is 17.9 Å². The maximum atomic E-state index is 11.4. The Morgan fingerprint density at radius 1 is 1.05 bits per heavy atom. The number of nitrogens with one attached hydrogen (secondary N) is 2. The summed E-state index contributed by atoms with van der Waals surface area (Å²) in [5.74, 6) is 0.0284. The highest BCUT2D eigenvalue weighted by Crippen LogP contribution is 2.16. The molecular formula is C17H20N2O. The second-order valence-electron chi connectivity index (χ2n) is 4.82. The van der Waals surface area contributed by atoms with E-state index in [9.17, 15) is 4.79 Å². The average Bonchev–Trinajstić information content (AvgIpc) is 2.47. The Morgan fingerprint density at radius 2 is 1.75 bits per heavy atom. The molecule has 0 fully saturated rings. The second-order valence-corrected chi connectivity index (χ2v) is 4.82. The van der Waals surface area contributed by atoms with Gasteiger partial charge in [-0.15, -0.1) is 0 Å². The normalized spacial score (nSPS) is 10.1. The Labute approximate surface area is 120 Å². The number of amides is 1. The van der Waals surface area contributed by atoms with E-state index in [1.165, 1.54) is 11.1 Å². The van der Waals surface area contributed by atoms with Crippen molar-refractivity contribution in [3.05, 3.63) is 59.7 Å². The van der Waals surface area contributed by atoms with Gasteiger partial charge in [0.05, 0.1) is 0 Å². The van der Waals surface area contributed by atoms with Gasteiger partial charge < -0.3 is 10.6 Å². The predicted molar refractivity (Wildman–Crippen MR) is 83.9 cm³/mol. The minimum Gasteiger partial charge on any atom is -0.381 e. The van der Waals surface area contributed by atoms with E-state index in [0.29, 0.717) is 6.42 Å². The van der Waals surface area contributed by atoms with Gasteiger partial charge in [0.25, 0.3) is 0 Å². The summed E-state index contributed by atoms with van der Waals surface area (Å²) in [5.41, 5.74) is 4.32. The number of rotatable bonds is 5. The van der Waals surface area contributed by atoms with Gasteiger partial charge in [0.2, 0.25) is 5.91 Å². The fourth-order valence-corrected chi connectivity index (χ4v) is 1.87. The topological polar surface area (TPSA) is 41.1 Å². The third-order valence-electron chi connectivity index (χ3n) is 3.08. The zero-order chi connectivity index (χ0) is 14.4. The molecule has 0 aliphatic carbocycles. The molecule has 0 saturated heterocycles. The minimum atomic E-state index is 0.0284. The van der Waals surface area contributed by atoms with Crippen LogP contribution in [0.5, 0.6) is 0 Å². The summed E-state index contributed by atoms with van der Waals surface area (Å²) >= 11 is 0. The van der Waals surface area contributed by atoms with Crippen LogP contribution in [0.1, 0.15) is 24.5 Å². The molecule has 104 valence electrons. The van der Waals surface area contributed by atoms with Crippen LogP contribution in [0.15, 0.2) is 48.5 Å². The molecule has 0 aliphatic rings. The van der Waals surface area contributed by atoms with Gasteiger partial charge in [-0.2, -0.15) is 0 Å². The summed E-state index contributed by atoms with van der Waals surface area (Å²) in [6.45, 7) is 4.69. The van der Waals surface area contributed by atoms with Crippen molar-refractivity contribution in [3.63, 3.8) is 0 Å². The molecule has 0 unspecified atom stereocenters. The number of aryl methyl sites for hydroxylation is 1. The molecule has 2 N–H and O–H groups in total. The molecule has 0 aliphatic heterocycles. The smallest absolute Gasteiger partial charge is 0.224 e. The first-order valence-corrected chi connectivity index (χ1v) is 6.86. The van der Waals surface area contributed by atoms with E-state index in [4.69, 9.17) is 0 Å². The maximum absolute atomic E-state index is 11.4. The fourth-order valence-electron chi connectivity index (χ4n) is 1.87. The van der Waals surface area contributed by atoms with Crippen LogP contribution in [0.3, 0.4) is 0 Å². The molecule has 2 aromatic carbocycles. The van der Waals surface area contributed by atoms with Gasteiger partial charge in [-0.3, -0.25) is 4.79 Å². The zero-order valence-corrected chi connectivity index (χ0v) is 11.9. The number of hydrogen-bond acceptors (Lipinski definition) is 2. The van der Waals surface area contributed by atoms with Crippen molar-refractivity contribution in [1.29, 1.82) is 0 Å². The van der Waals surface area contributed by atoms with Crippen molar-refractivity contribution in [1.82, 2.24) is 0 Å². The van der Waals surface area contributed by atoms with E-state index in [1.807, 2.05) is 31.2 Å². The highest BCUT2D eigenvalue weighted by atomic mass is 16.1.